The molecule has 0 unspecified atom stereocenters. The maximum Gasteiger partial charge on any atom is 0.341 e. The molecule has 1 rings (SSSR count). The number of anilines is 2. The fourth-order valence-corrected chi connectivity index (χ4v) is 1.38. The monoisotopic (exact) mass is 266 g/mol. The van der Waals surface area contributed by atoms with Crippen molar-refractivity contribution in [3.8, 4) is 0 Å². The van der Waals surface area contributed by atoms with Crippen molar-refractivity contribution in [3.05, 3.63) is 17.8 Å². The lowest BCUT2D eigenvalue weighted by atomic mass is 10.2. The van der Waals surface area contributed by atoms with Gasteiger partial charge in [-0.05, 0) is 12.5 Å². The Hall–Kier alpha value is -2.31. The molecule has 0 atom stereocenters. The number of nitrogens with two attached hydrogens (primary N) is 1. The fraction of sp³-hybridized carbons (Fsp3) is 0.417. The van der Waals surface area contributed by atoms with E-state index in [1.807, 2.05) is 6.92 Å². The molecule has 0 aromatic carbocycles. The second kappa shape index (κ2) is 7.20. The molecule has 7 nitrogen and oxygen atoms in total. The summed E-state index contributed by atoms with van der Waals surface area (Å²) in [6, 6.07) is 1.45. The molecule has 0 saturated carbocycles. The van der Waals surface area contributed by atoms with Crippen LogP contribution in [0.3, 0.4) is 0 Å². The van der Waals surface area contributed by atoms with Crippen LogP contribution in [0.2, 0.25) is 0 Å². The number of nitrogens with one attached hydrogen (secondary N) is 2. The number of nitrogens with zero attached hydrogens (tertiary/aromatic N) is 1. The molecule has 0 bridgehead atoms. The number of aromatic nitrogens is 1. The van der Waals surface area contributed by atoms with Crippen molar-refractivity contribution >= 4 is 23.4 Å². The molecule has 1 aromatic heterocycles. The molecular formula is C12H18N4O3. The summed E-state index contributed by atoms with van der Waals surface area (Å²) >= 11 is 0. The van der Waals surface area contributed by atoms with Crippen molar-refractivity contribution in [1.29, 1.82) is 0 Å². The molecule has 1 heterocycles. The number of hydrogen-bond donors (Lipinski definition) is 3. The van der Waals surface area contributed by atoms with Crippen LogP contribution in [0, 0.1) is 0 Å². The smallest absolute Gasteiger partial charge is 0.341 e. The predicted molar refractivity (Wildman–Crippen MR) is 71.8 cm³/mol. The minimum absolute atomic E-state index is 0.0287. The van der Waals surface area contributed by atoms with E-state index in [1.54, 1.807) is 0 Å². The summed E-state index contributed by atoms with van der Waals surface area (Å²) in [4.78, 5) is 27.0. The zero-order valence-electron chi connectivity index (χ0n) is 11.0. The van der Waals surface area contributed by atoms with Gasteiger partial charge in [0, 0.05) is 6.54 Å². The third-order valence-electron chi connectivity index (χ3n) is 2.30. The number of carbonyl (C=O) groups excluding carboxylic acids is 2. The molecule has 0 aliphatic rings. The zero-order valence-corrected chi connectivity index (χ0v) is 11.0. The highest BCUT2D eigenvalue weighted by Crippen LogP contribution is 2.16. The normalized spacial score (nSPS) is 9.79. The molecule has 0 radical (unpaired) electrons. The van der Waals surface area contributed by atoms with Crippen LogP contribution in [0.5, 0.6) is 0 Å². The number of carbonyl (C=O) groups is 2. The van der Waals surface area contributed by atoms with Crippen molar-refractivity contribution in [2.24, 2.45) is 0 Å². The third kappa shape index (κ3) is 4.46. The Morgan fingerprint density at radius 2 is 2.21 bits per heavy atom. The zero-order chi connectivity index (χ0) is 14.3. The highest BCUT2D eigenvalue weighted by atomic mass is 16.5. The van der Waals surface area contributed by atoms with Crippen molar-refractivity contribution in [2.45, 2.75) is 13.3 Å². The second-order valence-corrected chi connectivity index (χ2v) is 3.86. The van der Waals surface area contributed by atoms with Gasteiger partial charge in [0.2, 0.25) is 5.91 Å². The largest absolute Gasteiger partial charge is 0.465 e. The van der Waals surface area contributed by atoms with Gasteiger partial charge in [0.15, 0.2) is 0 Å². The first kappa shape index (κ1) is 14.7. The molecule has 0 aliphatic heterocycles. The summed E-state index contributed by atoms with van der Waals surface area (Å²) in [5.74, 6) is -0.458. The average molecular weight is 266 g/mol. The summed E-state index contributed by atoms with van der Waals surface area (Å²) < 4.78 is 4.63. The lowest BCUT2D eigenvalue weighted by molar-refractivity contribution is -0.119. The van der Waals surface area contributed by atoms with Gasteiger partial charge in [-0.1, -0.05) is 6.92 Å². The minimum Gasteiger partial charge on any atom is -0.465 e. The fourth-order valence-electron chi connectivity index (χ4n) is 1.38. The van der Waals surface area contributed by atoms with Gasteiger partial charge in [-0.15, -0.1) is 0 Å². The average Bonchev–Trinajstić information content (AvgIpc) is 2.42. The molecule has 0 saturated heterocycles. The summed E-state index contributed by atoms with van der Waals surface area (Å²) in [5, 5.41) is 5.49. The van der Waals surface area contributed by atoms with E-state index in [4.69, 9.17) is 5.73 Å². The predicted octanol–water partition coefficient (Wildman–Crippen LogP) is 0.388. The Kier molecular flexibility index (Phi) is 5.59. The number of pyridine rings is 1. The topological polar surface area (TPSA) is 106 Å². The SMILES string of the molecule is CCCNC(=O)CNc1ncc(N)cc1C(=O)OC. The lowest BCUT2D eigenvalue weighted by Gasteiger charge is -2.10. The van der Waals surface area contributed by atoms with E-state index < -0.39 is 5.97 Å². The molecule has 1 aromatic rings. The van der Waals surface area contributed by atoms with E-state index in [9.17, 15) is 9.59 Å². The molecule has 0 aliphatic carbocycles. The first-order valence-corrected chi connectivity index (χ1v) is 5.92. The van der Waals surface area contributed by atoms with Gasteiger partial charge in [-0.3, -0.25) is 4.79 Å². The number of nitrogen functional groups attached to an aromatic ring is 1. The molecular weight excluding hydrogens is 248 g/mol. The van der Waals surface area contributed by atoms with Gasteiger partial charge < -0.3 is 21.1 Å². The minimum atomic E-state index is -0.559. The van der Waals surface area contributed by atoms with Crippen LogP contribution in [0.25, 0.3) is 0 Å². The van der Waals surface area contributed by atoms with E-state index in [2.05, 4.69) is 20.4 Å². The van der Waals surface area contributed by atoms with Crippen molar-refractivity contribution < 1.29 is 14.3 Å². The first-order valence-electron chi connectivity index (χ1n) is 5.92. The Morgan fingerprint density at radius 3 is 2.84 bits per heavy atom. The van der Waals surface area contributed by atoms with Crippen LogP contribution in [0.15, 0.2) is 12.3 Å². The van der Waals surface area contributed by atoms with E-state index in [0.717, 1.165) is 6.42 Å². The molecule has 0 spiro atoms. The lowest BCUT2D eigenvalue weighted by Crippen LogP contribution is -2.30. The molecule has 19 heavy (non-hydrogen) atoms. The Labute approximate surface area is 111 Å². The highest BCUT2D eigenvalue weighted by Gasteiger charge is 2.14. The number of esters is 1. The molecule has 7 heteroatoms. The maximum absolute atomic E-state index is 11.5. The van der Waals surface area contributed by atoms with Crippen LogP contribution < -0.4 is 16.4 Å². The summed E-state index contributed by atoms with van der Waals surface area (Å²) in [7, 11) is 1.27. The molecule has 0 fully saturated rings. The second-order valence-electron chi connectivity index (χ2n) is 3.86. The number of rotatable bonds is 6. The van der Waals surface area contributed by atoms with Gasteiger partial charge in [-0.25, -0.2) is 9.78 Å². The van der Waals surface area contributed by atoms with Gasteiger partial charge >= 0.3 is 5.97 Å². The van der Waals surface area contributed by atoms with Crippen LogP contribution in [-0.4, -0.2) is 37.1 Å². The van der Waals surface area contributed by atoms with Crippen molar-refractivity contribution in [3.63, 3.8) is 0 Å². The van der Waals surface area contributed by atoms with Crippen LogP contribution in [0.4, 0.5) is 11.5 Å². The third-order valence-corrected chi connectivity index (χ3v) is 2.30. The summed E-state index contributed by atoms with van der Waals surface area (Å²) in [6.07, 6.45) is 2.26. The Balaban J connectivity index is 2.72. The molecule has 1 amide bonds. The van der Waals surface area contributed by atoms with Crippen molar-refractivity contribution in [2.75, 3.05) is 31.2 Å². The Morgan fingerprint density at radius 1 is 1.47 bits per heavy atom. The van der Waals surface area contributed by atoms with Crippen LogP contribution in [0.1, 0.15) is 23.7 Å². The quantitative estimate of drug-likeness (QED) is 0.643. The summed E-state index contributed by atoms with van der Waals surface area (Å²) in [6.45, 7) is 2.60. The number of hydrogen-bond acceptors (Lipinski definition) is 6. The van der Waals surface area contributed by atoms with E-state index in [0.29, 0.717) is 12.2 Å². The first-order chi connectivity index (χ1) is 9.08. The molecule has 4 N–H and O–H groups in total. The van der Waals surface area contributed by atoms with Gasteiger partial charge in [0.25, 0.3) is 0 Å². The Bertz CT molecular complexity index is 462. The maximum atomic E-state index is 11.5. The van der Waals surface area contributed by atoms with E-state index >= 15 is 0 Å². The summed E-state index contributed by atoms with van der Waals surface area (Å²) in [5.41, 5.74) is 6.11. The number of ether oxygens (including phenoxy) is 1. The number of methoxy groups -OCH3 is 1. The van der Waals surface area contributed by atoms with Gasteiger partial charge in [0.05, 0.1) is 25.5 Å². The van der Waals surface area contributed by atoms with Gasteiger partial charge in [-0.2, -0.15) is 0 Å². The van der Waals surface area contributed by atoms with Gasteiger partial charge in [0.1, 0.15) is 11.4 Å². The van der Waals surface area contributed by atoms with Crippen LogP contribution >= 0.6 is 0 Å². The standard InChI is InChI=1S/C12H18N4O3/c1-3-4-14-10(17)7-16-11-9(12(18)19-2)5-8(13)6-15-11/h5-6H,3-4,7,13H2,1-2H3,(H,14,17)(H,15,16). The molecule has 104 valence electrons. The number of amides is 1. The van der Waals surface area contributed by atoms with E-state index in [1.165, 1.54) is 19.4 Å². The van der Waals surface area contributed by atoms with Crippen LogP contribution in [-0.2, 0) is 9.53 Å². The van der Waals surface area contributed by atoms with Crippen molar-refractivity contribution in [1.82, 2.24) is 10.3 Å². The highest BCUT2D eigenvalue weighted by molar-refractivity contribution is 5.96. The van der Waals surface area contributed by atoms with E-state index in [-0.39, 0.29) is 23.8 Å².